The molecule has 5 nitrogen and oxygen atoms in total. The highest BCUT2D eigenvalue weighted by Gasteiger charge is 2.31. The molecular weight excluding hydrogens is 442 g/mol. The summed E-state index contributed by atoms with van der Waals surface area (Å²) in [5.41, 5.74) is 4.08. The molecule has 3 aromatic rings. The molecule has 1 N–H and O–H groups in total. The van der Waals surface area contributed by atoms with Gasteiger partial charge in [0.1, 0.15) is 15.6 Å². The zero-order valence-electron chi connectivity index (χ0n) is 18.5. The number of rotatable bonds is 6. The molecule has 2 aromatic carbocycles. The van der Waals surface area contributed by atoms with E-state index >= 15 is 0 Å². The lowest BCUT2D eigenvalue weighted by atomic mass is 9.99. The number of thiophene rings is 1. The van der Waals surface area contributed by atoms with Crippen LogP contribution >= 0.6 is 11.3 Å². The van der Waals surface area contributed by atoms with Crippen LogP contribution in [0.1, 0.15) is 40.0 Å². The van der Waals surface area contributed by atoms with Crippen LogP contribution in [0.2, 0.25) is 0 Å². The first-order chi connectivity index (χ1) is 15.3. The monoisotopic (exact) mass is 469 g/mol. The van der Waals surface area contributed by atoms with Crippen molar-refractivity contribution in [2.75, 3.05) is 11.9 Å². The van der Waals surface area contributed by atoms with Gasteiger partial charge >= 0.3 is 0 Å². The molecule has 7 heteroatoms. The van der Waals surface area contributed by atoms with E-state index in [0.717, 1.165) is 46.4 Å². The van der Waals surface area contributed by atoms with Gasteiger partial charge in [-0.05, 0) is 87.4 Å². The molecule has 0 atom stereocenters. The number of anilines is 1. The molecule has 0 unspecified atom stereocenters. The minimum absolute atomic E-state index is 0.185. The molecule has 0 saturated carbocycles. The number of aryl methyl sites for hydroxylation is 4. The Kier molecular flexibility index (Phi) is 6.40. The summed E-state index contributed by atoms with van der Waals surface area (Å²) in [5.74, 6) is 0.239. The lowest BCUT2D eigenvalue weighted by Gasteiger charge is -2.14. The Balaban J connectivity index is 1.61. The number of hydrogen-bond acceptors (Lipinski definition) is 5. The van der Waals surface area contributed by atoms with Gasteiger partial charge in [0.25, 0.3) is 5.91 Å². The summed E-state index contributed by atoms with van der Waals surface area (Å²) in [6.45, 7) is 5.74. The van der Waals surface area contributed by atoms with Crippen LogP contribution in [-0.4, -0.2) is 20.9 Å². The van der Waals surface area contributed by atoms with Gasteiger partial charge in [0, 0.05) is 4.88 Å². The maximum Gasteiger partial charge on any atom is 0.262 e. The molecule has 0 aliphatic heterocycles. The molecule has 168 valence electrons. The number of ether oxygens (including phenoxy) is 1. The van der Waals surface area contributed by atoms with Gasteiger partial charge in [-0.1, -0.05) is 23.8 Å². The molecule has 1 amide bonds. The number of carbonyl (C=O) groups excluding carboxylic acids is 1. The minimum atomic E-state index is -3.75. The van der Waals surface area contributed by atoms with Crippen LogP contribution in [0.25, 0.3) is 0 Å². The number of benzene rings is 2. The lowest BCUT2D eigenvalue weighted by molar-refractivity contribution is -0.118. The SMILES string of the molecule is Cc1ccc(S(=O)(=O)c2c(NC(=O)COc3ccc(C)c(C)c3)sc3c2CCCC3)cc1. The van der Waals surface area contributed by atoms with Crippen molar-refractivity contribution >= 4 is 32.1 Å². The number of hydrogen-bond donors (Lipinski definition) is 1. The fourth-order valence-corrected chi connectivity index (χ4v) is 7.15. The highest BCUT2D eigenvalue weighted by atomic mass is 32.2. The average Bonchev–Trinajstić information content (AvgIpc) is 3.13. The standard InChI is InChI=1S/C25H27NO4S2/c1-16-8-12-20(13-9-16)32(28,29)24-21-6-4-5-7-22(21)31-25(24)26-23(27)15-30-19-11-10-17(2)18(3)14-19/h8-14H,4-7,15H2,1-3H3,(H,26,27). The van der Waals surface area contributed by atoms with Gasteiger partial charge in [-0.15, -0.1) is 11.3 Å². The van der Waals surface area contributed by atoms with Crippen molar-refractivity contribution in [1.82, 2.24) is 0 Å². The fraction of sp³-hybridized carbons (Fsp3) is 0.320. The number of amides is 1. The Morgan fingerprint density at radius 2 is 1.72 bits per heavy atom. The Bertz CT molecular complexity index is 1260. The van der Waals surface area contributed by atoms with Gasteiger partial charge in [-0.3, -0.25) is 4.79 Å². The number of sulfone groups is 1. The van der Waals surface area contributed by atoms with Crippen molar-refractivity contribution in [3.05, 3.63) is 69.6 Å². The number of nitrogens with one attached hydrogen (secondary N) is 1. The predicted octanol–water partition coefficient (Wildman–Crippen LogP) is 5.40. The van der Waals surface area contributed by atoms with E-state index in [1.807, 2.05) is 39.0 Å². The number of carbonyl (C=O) groups is 1. The normalized spacial score (nSPS) is 13.5. The predicted molar refractivity (Wildman–Crippen MR) is 128 cm³/mol. The van der Waals surface area contributed by atoms with Crippen molar-refractivity contribution < 1.29 is 17.9 Å². The summed E-state index contributed by atoms with van der Waals surface area (Å²) in [6.07, 6.45) is 3.52. The Hall–Kier alpha value is -2.64. The summed E-state index contributed by atoms with van der Waals surface area (Å²) >= 11 is 1.37. The molecule has 1 aromatic heterocycles. The van der Waals surface area contributed by atoms with E-state index in [0.29, 0.717) is 17.2 Å². The van der Waals surface area contributed by atoms with E-state index in [1.165, 1.54) is 11.3 Å². The van der Waals surface area contributed by atoms with Crippen molar-refractivity contribution in [3.8, 4) is 5.75 Å². The van der Waals surface area contributed by atoms with Crippen LogP contribution < -0.4 is 10.1 Å². The van der Waals surface area contributed by atoms with E-state index in [4.69, 9.17) is 4.74 Å². The molecule has 4 rings (SSSR count). The van der Waals surface area contributed by atoms with Gasteiger partial charge in [-0.25, -0.2) is 8.42 Å². The van der Waals surface area contributed by atoms with Gasteiger partial charge in [0.05, 0.1) is 4.90 Å². The number of fused-ring (bicyclic) bond motifs is 1. The summed E-state index contributed by atoms with van der Waals surface area (Å²) in [6, 6.07) is 12.5. The van der Waals surface area contributed by atoms with E-state index in [-0.39, 0.29) is 22.3 Å². The van der Waals surface area contributed by atoms with E-state index < -0.39 is 9.84 Å². The maximum absolute atomic E-state index is 13.6. The summed E-state index contributed by atoms with van der Waals surface area (Å²) in [4.78, 5) is 14.2. The maximum atomic E-state index is 13.6. The molecule has 1 aliphatic rings. The van der Waals surface area contributed by atoms with Crippen LogP contribution in [-0.2, 0) is 27.5 Å². The molecular formula is C25H27NO4S2. The van der Waals surface area contributed by atoms with Crippen LogP contribution in [0.3, 0.4) is 0 Å². The highest BCUT2D eigenvalue weighted by molar-refractivity contribution is 7.92. The molecule has 0 fully saturated rings. The van der Waals surface area contributed by atoms with Crippen LogP contribution in [0.4, 0.5) is 5.00 Å². The van der Waals surface area contributed by atoms with E-state index in [1.54, 1.807) is 24.3 Å². The first-order valence-electron chi connectivity index (χ1n) is 10.7. The molecule has 1 heterocycles. The summed E-state index contributed by atoms with van der Waals surface area (Å²) in [7, 11) is -3.75. The Morgan fingerprint density at radius 1 is 1.00 bits per heavy atom. The summed E-state index contributed by atoms with van der Waals surface area (Å²) in [5, 5.41) is 3.22. The average molecular weight is 470 g/mol. The Morgan fingerprint density at radius 3 is 2.44 bits per heavy atom. The van der Waals surface area contributed by atoms with Crippen molar-refractivity contribution in [2.45, 2.75) is 56.2 Å². The van der Waals surface area contributed by atoms with E-state index in [9.17, 15) is 13.2 Å². The third kappa shape index (κ3) is 4.59. The minimum Gasteiger partial charge on any atom is -0.484 e. The molecule has 1 aliphatic carbocycles. The fourth-order valence-electron chi connectivity index (χ4n) is 3.85. The lowest BCUT2D eigenvalue weighted by Crippen LogP contribution is -2.21. The van der Waals surface area contributed by atoms with Gasteiger partial charge in [-0.2, -0.15) is 0 Å². The van der Waals surface area contributed by atoms with Gasteiger partial charge in [0.15, 0.2) is 6.61 Å². The van der Waals surface area contributed by atoms with Crippen LogP contribution in [0.5, 0.6) is 5.75 Å². The van der Waals surface area contributed by atoms with Crippen LogP contribution in [0.15, 0.2) is 52.3 Å². The third-order valence-electron chi connectivity index (χ3n) is 5.82. The Labute approximate surface area is 193 Å². The quantitative estimate of drug-likeness (QED) is 0.524. The third-order valence-corrected chi connectivity index (χ3v) is 9.04. The highest BCUT2D eigenvalue weighted by Crippen LogP contribution is 2.43. The second kappa shape index (κ2) is 9.08. The molecule has 32 heavy (non-hydrogen) atoms. The molecule has 0 bridgehead atoms. The smallest absolute Gasteiger partial charge is 0.262 e. The van der Waals surface area contributed by atoms with Crippen molar-refractivity contribution in [1.29, 1.82) is 0 Å². The molecule has 0 saturated heterocycles. The molecule has 0 spiro atoms. The largest absolute Gasteiger partial charge is 0.484 e. The van der Waals surface area contributed by atoms with Crippen molar-refractivity contribution in [3.63, 3.8) is 0 Å². The molecule has 0 radical (unpaired) electrons. The van der Waals surface area contributed by atoms with Gasteiger partial charge in [0.2, 0.25) is 9.84 Å². The van der Waals surface area contributed by atoms with E-state index in [2.05, 4.69) is 5.32 Å². The first kappa shape index (κ1) is 22.6. The van der Waals surface area contributed by atoms with Crippen LogP contribution in [0, 0.1) is 20.8 Å². The van der Waals surface area contributed by atoms with Gasteiger partial charge < -0.3 is 10.1 Å². The second-order valence-corrected chi connectivity index (χ2v) is 11.3. The first-order valence-corrected chi connectivity index (χ1v) is 13.0. The van der Waals surface area contributed by atoms with Crippen molar-refractivity contribution in [2.24, 2.45) is 0 Å². The second-order valence-electron chi connectivity index (χ2n) is 8.27. The topological polar surface area (TPSA) is 72.5 Å². The summed E-state index contributed by atoms with van der Waals surface area (Å²) < 4.78 is 32.8. The zero-order chi connectivity index (χ0) is 22.9. The zero-order valence-corrected chi connectivity index (χ0v) is 20.2.